The Balaban J connectivity index is 1.32. The van der Waals surface area contributed by atoms with Gasteiger partial charge in [0.05, 0.1) is 0 Å². The molecule has 220 valence electrons. The Bertz CT molecular complexity index is 2570. The lowest BCUT2D eigenvalue weighted by Crippen LogP contribution is -2.01. The zero-order valence-corrected chi connectivity index (χ0v) is 26.2. The van der Waals surface area contributed by atoms with E-state index < -0.39 is 0 Å². The summed E-state index contributed by atoms with van der Waals surface area (Å²) in [5, 5.41) is 4.72. The lowest BCUT2D eigenvalue weighted by atomic mass is 9.98. The molecule has 0 aliphatic carbocycles. The van der Waals surface area contributed by atoms with Gasteiger partial charge in [0.1, 0.15) is 0 Å². The first-order chi connectivity index (χ1) is 23.3. The molecule has 0 saturated heterocycles. The molecule has 0 radical (unpaired) electrons. The molecule has 9 rings (SSSR count). The first-order valence-corrected chi connectivity index (χ1v) is 16.5. The first kappa shape index (κ1) is 27.3. The van der Waals surface area contributed by atoms with Gasteiger partial charge in [-0.05, 0) is 63.4 Å². The Morgan fingerprint density at radius 3 is 1.72 bits per heavy atom. The summed E-state index contributed by atoms with van der Waals surface area (Å²) in [6.45, 7) is 0. The number of hydrogen-bond donors (Lipinski definition) is 0. The summed E-state index contributed by atoms with van der Waals surface area (Å²) in [5.74, 6) is 1.96. The van der Waals surface area contributed by atoms with Crippen LogP contribution in [0.3, 0.4) is 0 Å². The van der Waals surface area contributed by atoms with Gasteiger partial charge in [0, 0.05) is 36.9 Å². The summed E-state index contributed by atoms with van der Waals surface area (Å²) in [6, 6.07) is 57.5. The minimum absolute atomic E-state index is 0.647. The minimum atomic E-state index is 0.647. The number of benzene rings is 7. The van der Waals surface area contributed by atoms with Gasteiger partial charge in [-0.3, -0.25) is 0 Å². The van der Waals surface area contributed by atoms with Crippen LogP contribution in [0.1, 0.15) is 0 Å². The third-order valence-corrected chi connectivity index (χ3v) is 9.82. The number of rotatable bonds is 5. The summed E-state index contributed by atoms with van der Waals surface area (Å²) in [6.07, 6.45) is 0. The molecular weight excluding hydrogens is 591 g/mol. The molecule has 47 heavy (non-hydrogen) atoms. The van der Waals surface area contributed by atoms with Crippen molar-refractivity contribution in [1.29, 1.82) is 0 Å². The van der Waals surface area contributed by atoms with Gasteiger partial charge >= 0.3 is 0 Å². The highest BCUT2D eigenvalue weighted by Gasteiger charge is 2.19. The third-order valence-electron chi connectivity index (χ3n) is 8.70. The fourth-order valence-electron chi connectivity index (χ4n) is 6.38. The van der Waals surface area contributed by atoms with Crippen molar-refractivity contribution in [1.82, 2.24) is 15.0 Å². The van der Waals surface area contributed by atoms with Crippen molar-refractivity contribution >= 4 is 42.3 Å². The molecule has 0 fully saturated rings. The largest absolute Gasteiger partial charge is 0.208 e. The minimum Gasteiger partial charge on any atom is -0.208 e. The Kier molecular flexibility index (Phi) is 6.65. The fourth-order valence-corrected chi connectivity index (χ4v) is 7.55. The summed E-state index contributed by atoms with van der Waals surface area (Å²) >= 11 is 1.81. The molecule has 0 bridgehead atoms. The van der Waals surface area contributed by atoms with Crippen molar-refractivity contribution in [3.63, 3.8) is 0 Å². The molecule has 2 aromatic heterocycles. The predicted molar refractivity (Wildman–Crippen MR) is 197 cm³/mol. The quantitative estimate of drug-likeness (QED) is 0.193. The SMILES string of the molecule is c1ccc(-c2cccc(-c3nc(-c4ccc5ccccc5c4)nc(-c4cc(-c5ccccc5)cc5sc6ccccc6c45)n3)c2)cc1. The van der Waals surface area contributed by atoms with Gasteiger partial charge in [-0.25, -0.2) is 15.0 Å². The van der Waals surface area contributed by atoms with Crippen molar-refractivity contribution in [3.05, 3.63) is 164 Å². The molecule has 4 heteroatoms. The van der Waals surface area contributed by atoms with Crippen LogP contribution in [0.2, 0.25) is 0 Å². The fraction of sp³-hybridized carbons (Fsp3) is 0. The number of thiophene rings is 1. The Labute approximate surface area is 276 Å². The van der Waals surface area contributed by atoms with Crippen molar-refractivity contribution in [3.8, 4) is 56.4 Å². The predicted octanol–water partition coefficient (Wildman–Crippen LogP) is 11.7. The Hall–Kier alpha value is -5.97. The molecule has 0 amide bonds. The number of nitrogens with zero attached hydrogens (tertiary/aromatic N) is 3. The molecule has 9 aromatic rings. The Morgan fingerprint density at radius 2 is 0.936 bits per heavy atom. The molecular formula is C43H27N3S. The van der Waals surface area contributed by atoms with Gasteiger partial charge in [-0.2, -0.15) is 0 Å². The molecule has 7 aromatic carbocycles. The number of fused-ring (bicyclic) bond motifs is 4. The van der Waals surface area contributed by atoms with Crippen LogP contribution in [0.4, 0.5) is 0 Å². The van der Waals surface area contributed by atoms with Crippen LogP contribution in [0, 0.1) is 0 Å². The van der Waals surface area contributed by atoms with Gasteiger partial charge in [0.15, 0.2) is 17.5 Å². The molecule has 0 aliphatic rings. The Morgan fingerprint density at radius 1 is 0.340 bits per heavy atom. The van der Waals surface area contributed by atoms with E-state index in [2.05, 4.69) is 158 Å². The summed E-state index contributed by atoms with van der Waals surface area (Å²) in [4.78, 5) is 15.6. The van der Waals surface area contributed by atoms with Gasteiger partial charge in [-0.1, -0.05) is 133 Å². The average Bonchev–Trinajstić information content (AvgIpc) is 3.53. The van der Waals surface area contributed by atoms with E-state index in [1.165, 1.54) is 25.6 Å². The zero-order chi connectivity index (χ0) is 31.2. The molecule has 0 spiro atoms. The third kappa shape index (κ3) is 5.05. The second kappa shape index (κ2) is 11.4. The van der Waals surface area contributed by atoms with E-state index in [9.17, 15) is 0 Å². The lowest BCUT2D eigenvalue weighted by molar-refractivity contribution is 1.08. The topological polar surface area (TPSA) is 38.7 Å². The summed E-state index contributed by atoms with van der Waals surface area (Å²) in [5.41, 5.74) is 7.48. The van der Waals surface area contributed by atoms with Crippen molar-refractivity contribution < 1.29 is 0 Å². The van der Waals surface area contributed by atoms with E-state index in [0.29, 0.717) is 17.5 Å². The zero-order valence-electron chi connectivity index (χ0n) is 25.3. The van der Waals surface area contributed by atoms with Crippen LogP contribution in [-0.2, 0) is 0 Å². The van der Waals surface area contributed by atoms with Crippen LogP contribution in [0.15, 0.2) is 164 Å². The summed E-state index contributed by atoms with van der Waals surface area (Å²) < 4.78 is 2.46. The van der Waals surface area contributed by atoms with Crippen LogP contribution in [-0.4, -0.2) is 15.0 Å². The van der Waals surface area contributed by atoms with Crippen molar-refractivity contribution in [2.45, 2.75) is 0 Å². The van der Waals surface area contributed by atoms with Crippen LogP contribution in [0.25, 0.3) is 87.4 Å². The van der Waals surface area contributed by atoms with Crippen molar-refractivity contribution in [2.75, 3.05) is 0 Å². The van der Waals surface area contributed by atoms with Crippen LogP contribution < -0.4 is 0 Å². The normalized spacial score (nSPS) is 11.4. The van der Waals surface area contributed by atoms with Gasteiger partial charge in [-0.15, -0.1) is 11.3 Å². The maximum absolute atomic E-state index is 5.25. The molecule has 0 aliphatic heterocycles. The maximum Gasteiger partial charge on any atom is 0.164 e. The van der Waals surface area contributed by atoms with Crippen LogP contribution in [0.5, 0.6) is 0 Å². The highest BCUT2D eigenvalue weighted by atomic mass is 32.1. The van der Waals surface area contributed by atoms with Crippen LogP contribution >= 0.6 is 11.3 Å². The van der Waals surface area contributed by atoms with E-state index in [1.54, 1.807) is 0 Å². The second-order valence-corrected chi connectivity index (χ2v) is 12.8. The monoisotopic (exact) mass is 617 g/mol. The smallest absolute Gasteiger partial charge is 0.164 e. The lowest BCUT2D eigenvalue weighted by Gasteiger charge is -2.12. The second-order valence-electron chi connectivity index (χ2n) is 11.7. The molecule has 2 heterocycles. The van der Waals surface area contributed by atoms with E-state index >= 15 is 0 Å². The standard InChI is InChI=1S/C43H27N3S/c1-3-12-28(13-4-1)32-18-11-19-33(24-32)41-44-42(34-23-22-30-16-7-8-17-31(30)25-34)46-43(45-41)37-26-35(29-14-5-2-6-15-29)27-39-40(37)36-20-9-10-21-38(36)47-39/h1-27H. The molecule has 0 N–H and O–H groups in total. The van der Waals surface area contributed by atoms with E-state index in [-0.39, 0.29) is 0 Å². The van der Waals surface area contributed by atoms with Gasteiger partial charge < -0.3 is 0 Å². The van der Waals surface area contributed by atoms with E-state index in [1.807, 2.05) is 17.4 Å². The summed E-state index contributed by atoms with van der Waals surface area (Å²) in [7, 11) is 0. The molecule has 0 saturated carbocycles. The maximum atomic E-state index is 5.25. The highest BCUT2D eigenvalue weighted by Crippen LogP contribution is 2.42. The molecule has 0 unspecified atom stereocenters. The van der Waals surface area contributed by atoms with E-state index in [4.69, 9.17) is 15.0 Å². The number of aromatic nitrogens is 3. The number of hydrogen-bond acceptors (Lipinski definition) is 4. The highest BCUT2D eigenvalue weighted by molar-refractivity contribution is 7.26. The molecule has 0 atom stereocenters. The average molecular weight is 618 g/mol. The van der Waals surface area contributed by atoms with Crippen molar-refractivity contribution in [2.24, 2.45) is 0 Å². The van der Waals surface area contributed by atoms with E-state index in [0.717, 1.165) is 44.3 Å². The van der Waals surface area contributed by atoms with Gasteiger partial charge in [0.2, 0.25) is 0 Å². The molecule has 3 nitrogen and oxygen atoms in total. The van der Waals surface area contributed by atoms with Gasteiger partial charge in [0.25, 0.3) is 0 Å². The first-order valence-electron chi connectivity index (χ1n) is 15.7.